The molecule has 2 rings (SSSR count). The average molecular weight is 259 g/mol. The predicted molar refractivity (Wildman–Crippen MR) is 71.7 cm³/mol. The van der Waals surface area contributed by atoms with Crippen molar-refractivity contribution in [1.82, 2.24) is 15.3 Å². The van der Waals surface area contributed by atoms with Gasteiger partial charge in [-0.25, -0.2) is 4.98 Å². The van der Waals surface area contributed by atoms with E-state index in [1.807, 2.05) is 6.07 Å². The van der Waals surface area contributed by atoms with Crippen LogP contribution in [0.15, 0.2) is 36.7 Å². The maximum absolute atomic E-state index is 11.7. The van der Waals surface area contributed by atoms with Crippen LogP contribution < -0.4 is 5.32 Å². The number of hydrogen-bond acceptors (Lipinski definition) is 3. The summed E-state index contributed by atoms with van der Waals surface area (Å²) < 4.78 is 0. The minimum absolute atomic E-state index is 0.0370. The molecule has 1 aromatic heterocycles. The highest BCUT2D eigenvalue weighted by molar-refractivity contribution is 5.78. The minimum atomic E-state index is -0.0370. The standard InChI is InChI=1S/C14H17N3O2/c18-12-4-1-3-11(9-12)10-14(19)17-6-2-5-13-15-7-8-16-13/h1,3-4,7-9,18H,2,5-6,10H2,(H,15,16)(H,17,19). The number of carbonyl (C=O) groups excluding carboxylic acids is 1. The molecule has 0 aliphatic rings. The highest BCUT2D eigenvalue weighted by atomic mass is 16.3. The largest absolute Gasteiger partial charge is 0.508 e. The van der Waals surface area contributed by atoms with Crippen LogP contribution in [0.2, 0.25) is 0 Å². The second-order valence-electron chi connectivity index (χ2n) is 4.34. The molecule has 3 N–H and O–H groups in total. The van der Waals surface area contributed by atoms with Gasteiger partial charge in [0, 0.05) is 25.4 Å². The molecule has 0 aliphatic heterocycles. The molecule has 5 heteroatoms. The number of nitrogens with zero attached hydrogens (tertiary/aromatic N) is 1. The number of aromatic amines is 1. The smallest absolute Gasteiger partial charge is 0.224 e. The molecule has 0 spiro atoms. The second-order valence-corrected chi connectivity index (χ2v) is 4.34. The van der Waals surface area contributed by atoms with Gasteiger partial charge in [0.05, 0.1) is 6.42 Å². The maximum atomic E-state index is 11.7. The molecule has 1 aromatic carbocycles. The van der Waals surface area contributed by atoms with Crippen molar-refractivity contribution in [1.29, 1.82) is 0 Å². The summed E-state index contributed by atoms with van der Waals surface area (Å²) in [5.41, 5.74) is 0.809. The monoisotopic (exact) mass is 259 g/mol. The molecule has 0 bridgehead atoms. The van der Waals surface area contributed by atoms with Crippen LogP contribution >= 0.6 is 0 Å². The predicted octanol–water partition coefficient (Wildman–Crippen LogP) is 1.41. The third-order valence-electron chi connectivity index (χ3n) is 2.74. The van der Waals surface area contributed by atoms with Gasteiger partial charge in [0.25, 0.3) is 0 Å². The van der Waals surface area contributed by atoms with E-state index in [4.69, 9.17) is 0 Å². The Kier molecular flexibility index (Phi) is 4.55. The summed E-state index contributed by atoms with van der Waals surface area (Å²) in [5, 5.41) is 12.2. The first kappa shape index (κ1) is 13.1. The van der Waals surface area contributed by atoms with E-state index in [9.17, 15) is 9.90 Å². The number of carbonyl (C=O) groups is 1. The quantitative estimate of drug-likeness (QED) is 0.686. The molecule has 2 aromatic rings. The third kappa shape index (κ3) is 4.46. The van der Waals surface area contributed by atoms with Gasteiger partial charge >= 0.3 is 0 Å². The lowest BCUT2D eigenvalue weighted by Crippen LogP contribution is -2.26. The molecule has 0 aliphatic carbocycles. The van der Waals surface area contributed by atoms with Gasteiger partial charge in [0.1, 0.15) is 11.6 Å². The van der Waals surface area contributed by atoms with Crippen LogP contribution in [0.1, 0.15) is 17.8 Å². The van der Waals surface area contributed by atoms with E-state index >= 15 is 0 Å². The number of rotatable bonds is 6. The molecule has 5 nitrogen and oxygen atoms in total. The van der Waals surface area contributed by atoms with Crippen LogP contribution in [-0.4, -0.2) is 27.5 Å². The molecule has 1 amide bonds. The van der Waals surface area contributed by atoms with Gasteiger partial charge in [0.2, 0.25) is 5.91 Å². The Hall–Kier alpha value is -2.30. The maximum Gasteiger partial charge on any atom is 0.224 e. The first-order chi connectivity index (χ1) is 9.24. The van der Waals surface area contributed by atoms with E-state index < -0.39 is 0 Å². The van der Waals surface area contributed by atoms with Gasteiger partial charge in [0.15, 0.2) is 0 Å². The average Bonchev–Trinajstić information content (AvgIpc) is 2.88. The van der Waals surface area contributed by atoms with Gasteiger partial charge in [-0.15, -0.1) is 0 Å². The number of aryl methyl sites for hydroxylation is 1. The number of imidazole rings is 1. The van der Waals surface area contributed by atoms with Crippen LogP contribution in [0.25, 0.3) is 0 Å². The van der Waals surface area contributed by atoms with Crippen molar-refractivity contribution in [3.05, 3.63) is 48.0 Å². The lowest BCUT2D eigenvalue weighted by molar-refractivity contribution is -0.120. The summed E-state index contributed by atoms with van der Waals surface area (Å²) in [5.74, 6) is 1.08. The molecule has 0 radical (unpaired) electrons. The molecule has 0 saturated carbocycles. The summed E-state index contributed by atoms with van der Waals surface area (Å²) in [6.07, 6.45) is 5.46. The van der Waals surface area contributed by atoms with Crippen molar-refractivity contribution in [2.24, 2.45) is 0 Å². The van der Waals surface area contributed by atoms with Gasteiger partial charge in [-0.05, 0) is 24.1 Å². The number of amides is 1. The van der Waals surface area contributed by atoms with Crippen molar-refractivity contribution in [2.75, 3.05) is 6.54 Å². The van der Waals surface area contributed by atoms with Crippen molar-refractivity contribution in [3.8, 4) is 5.75 Å². The third-order valence-corrected chi connectivity index (χ3v) is 2.74. The topological polar surface area (TPSA) is 78.0 Å². The lowest BCUT2D eigenvalue weighted by Gasteiger charge is -2.05. The fourth-order valence-corrected chi connectivity index (χ4v) is 1.83. The zero-order valence-corrected chi connectivity index (χ0v) is 10.6. The number of aromatic hydroxyl groups is 1. The molecule has 0 fully saturated rings. The Morgan fingerprint density at radius 2 is 2.32 bits per heavy atom. The van der Waals surface area contributed by atoms with E-state index in [1.165, 1.54) is 0 Å². The summed E-state index contributed by atoms with van der Waals surface area (Å²) in [6, 6.07) is 6.74. The normalized spacial score (nSPS) is 10.3. The first-order valence-corrected chi connectivity index (χ1v) is 6.27. The summed E-state index contributed by atoms with van der Waals surface area (Å²) in [4.78, 5) is 18.8. The van der Waals surface area contributed by atoms with Crippen molar-refractivity contribution in [2.45, 2.75) is 19.3 Å². The van der Waals surface area contributed by atoms with Crippen LogP contribution in [-0.2, 0) is 17.6 Å². The summed E-state index contributed by atoms with van der Waals surface area (Å²) in [7, 11) is 0. The number of hydrogen-bond donors (Lipinski definition) is 3. The Balaban J connectivity index is 1.67. The summed E-state index contributed by atoms with van der Waals surface area (Å²) in [6.45, 7) is 0.623. The van der Waals surface area contributed by atoms with Crippen molar-refractivity contribution >= 4 is 5.91 Å². The molecular formula is C14H17N3O2. The van der Waals surface area contributed by atoms with Crippen molar-refractivity contribution in [3.63, 3.8) is 0 Å². The number of H-pyrrole nitrogens is 1. The van der Waals surface area contributed by atoms with E-state index in [0.29, 0.717) is 6.54 Å². The number of aromatic nitrogens is 2. The van der Waals surface area contributed by atoms with Crippen LogP contribution in [0.3, 0.4) is 0 Å². The van der Waals surface area contributed by atoms with E-state index in [2.05, 4.69) is 15.3 Å². The van der Waals surface area contributed by atoms with Crippen molar-refractivity contribution < 1.29 is 9.90 Å². The highest BCUT2D eigenvalue weighted by Crippen LogP contribution is 2.11. The van der Waals surface area contributed by atoms with Gasteiger partial charge in [-0.2, -0.15) is 0 Å². The fraction of sp³-hybridized carbons (Fsp3) is 0.286. The van der Waals surface area contributed by atoms with Crippen LogP contribution in [0.4, 0.5) is 0 Å². The Labute approximate surface area is 111 Å². The molecular weight excluding hydrogens is 242 g/mol. The van der Waals surface area contributed by atoms with Crippen LogP contribution in [0.5, 0.6) is 5.75 Å². The zero-order valence-electron chi connectivity index (χ0n) is 10.6. The molecule has 1 heterocycles. The molecule has 0 atom stereocenters. The molecule has 0 saturated heterocycles. The Bertz CT molecular complexity index is 523. The number of benzene rings is 1. The van der Waals surface area contributed by atoms with Gasteiger partial charge in [-0.1, -0.05) is 12.1 Å². The SMILES string of the molecule is O=C(Cc1cccc(O)c1)NCCCc1ncc[nH]1. The van der Waals surface area contributed by atoms with E-state index in [0.717, 1.165) is 24.2 Å². The zero-order chi connectivity index (χ0) is 13.5. The second kappa shape index (κ2) is 6.58. The highest BCUT2D eigenvalue weighted by Gasteiger charge is 2.03. The van der Waals surface area contributed by atoms with Gasteiger partial charge in [-0.3, -0.25) is 4.79 Å². The Morgan fingerprint density at radius 1 is 1.42 bits per heavy atom. The van der Waals surface area contributed by atoms with Gasteiger partial charge < -0.3 is 15.4 Å². The lowest BCUT2D eigenvalue weighted by atomic mass is 10.1. The molecule has 0 unspecified atom stereocenters. The number of nitrogens with one attached hydrogen (secondary N) is 2. The Morgan fingerprint density at radius 3 is 3.05 bits per heavy atom. The summed E-state index contributed by atoms with van der Waals surface area (Å²) >= 11 is 0. The minimum Gasteiger partial charge on any atom is -0.508 e. The van der Waals surface area contributed by atoms with Crippen LogP contribution in [0, 0.1) is 0 Å². The van der Waals surface area contributed by atoms with E-state index in [-0.39, 0.29) is 18.1 Å². The van der Waals surface area contributed by atoms with E-state index in [1.54, 1.807) is 30.6 Å². The number of phenols is 1. The first-order valence-electron chi connectivity index (χ1n) is 6.27. The molecule has 19 heavy (non-hydrogen) atoms. The fourth-order valence-electron chi connectivity index (χ4n) is 1.83. The molecule has 100 valence electrons. The number of phenolic OH excluding ortho intramolecular Hbond substituents is 1.